The van der Waals surface area contributed by atoms with Gasteiger partial charge in [0.1, 0.15) is 17.5 Å². The van der Waals surface area contributed by atoms with Gasteiger partial charge in [-0.05, 0) is 49.3 Å². The van der Waals surface area contributed by atoms with E-state index in [1.165, 1.54) is 6.07 Å². The summed E-state index contributed by atoms with van der Waals surface area (Å²) in [5, 5.41) is 14.1. The second-order valence-corrected chi connectivity index (χ2v) is 11.7. The molecule has 9 nitrogen and oxygen atoms in total. The van der Waals surface area contributed by atoms with Crippen molar-refractivity contribution in [2.75, 3.05) is 36.4 Å². The first kappa shape index (κ1) is 29.4. The van der Waals surface area contributed by atoms with Gasteiger partial charge in [-0.25, -0.2) is 0 Å². The average Bonchev–Trinajstić information content (AvgIpc) is 2.88. The minimum absolute atomic E-state index is 0.0436. The molecule has 1 N–H and O–H groups in total. The molecule has 12 heteroatoms. The van der Waals surface area contributed by atoms with E-state index >= 15 is 0 Å². The third kappa shape index (κ3) is 7.76. The Bertz CT molecular complexity index is 1200. The van der Waals surface area contributed by atoms with Crippen LogP contribution in [0.1, 0.15) is 58.4 Å². The van der Waals surface area contributed by atoms with E-state index in [2.05, 4.69) is 36.0 Å². The summed E-state index contributed by atoms with van der Waals surface area (Å²) in [5.74, 6) is 1.50. The van der Waals surface area contributed by atoms with Crippen molar-refractivity contribution < 1.29 is 27.6 Å². The highest BCUT2D eigenvalue weighted by atomic mass is 19.4. The summed E-state index contributed by atoms with van der Waals surface area (Å²) in [6, 6.07) is 8.57. The topological polar surface area (TPSA) is 101 Å². The molecule has 0 atom stereocenters. The monoisotopic (exact) mass is 563 g/mol. The van der Waals surface area contributed by atoms with Crippen LogP contribution in [-0.4, -0.2) is 59.0 Å². The molecule has 1 saturated heterocycles. The number of alkyl halides is 3. The van der Waals surface area contributed by atoms with Crippen molar-refractivity contribution in [3.05, 3.63) is 52.1 Å². The highest BCUT2D eigenvalue weighted by molar-refractivity contribution is 5.77. The number of nitro benzene ring substituents is 1. The fourth-order valence-electron chi connectivity index (χ4n) is 5.14. The van der Waals surface area contributed by atoms with E-state index in [9.17, 15) is 28.1 Å². The first-order valence-electron chi connectivity index (χ1n) is 13.6. The summed E-state index contributed by atoms with van der Waals surface area (Å²) in [6.45, 7) is 8.88. The molecule has 218 valence electrons. The molecule has 0 unspecified atom stereocenters. The van der Waals surface area contributed by atoms with Crippen molar-refractivity contribution in [2.45, 2.75) is 71.2 Å². The van der Waals surface area contributed by atoms with Crippen molar-refractivity contribution in [3.8, 4) is 5.88 Å². The van der Waals surface area contributed by atoms with E-state index in [0.29, 0.717) is 64.2 Å². The van der Waals surface area contributed by atoms with Crippen molar-refractivity contribution >= 4 is 23.1 Å². The maximum Gasteiger partial charge on any atom is 0.423 e. The van der Waals surface area contributed by atoms with Crippen molar-refractivity contribution in [1.29, 1.82) is 0 Å². The lowest BCUT2D eigenvalue weighted by Crippen LogP contribution is -2.49. The van der Waals surface area contributed by atoms with Crippen LogP contribution in [0.2, 0.25) is 0 Å². The highest BCUT2D eigenvalue weighted by Crippen LogP contribution is 2.38. The second-order valence-electron chi connectivity index (χ2n) is 11.7. The summed E-state index contributed by atoms with van der Waals surface area (Å²) in [5.41, 5.74) is -2.06. The van der Waals surface area contributed by atoms with Gasteiger partial charge in [-0.1, -0.05) is 26.8 Å². The maximum absolute atomic E-state index is 13.3. The normalized spacial score (nSPS) is 20.2. The molecule has 1 aromatic heterocycles. The lowest BCUT2D eigenvalue weighted by atomic mass is 9.91. The third-order valence-corrected chi connectivity index (χ3v) is 7.18. The lowest BCUT2D eigenvalue weighted by Gasteiger charge is -2.36. The number of nitro groups is 1. The summed E-state index contributed by atoms with van der Waals surface area (Å²) in [6.07, 6.45) is -1.64. The van der Waals surface area contributed by atoms with Gasteiger partial charge in [-0.3, -0.25) is 14.9 Å². The molecule has 1 aliphatic heterocycles. The number of hydrogen-bond donors (Lipinski definition) is 1. The van der Waals surface area contributed by atoms with E-state index in [1.54, 1.807) is 0 Å². The summed E-state index contributed by atoms with van der Waals surface area (Å²) < 4.78 is 46.1. The van der Waals surface area contributed by atoms with Crippen LogP contribution < -0.4 is 15.0 Å². The van der Waals surface area contributed by atoms with E-state index < -0.39 is 22.4 Å². The first-order valence-corrected chi connectivity index (χ1v) is 13.6. The van der Waals surface area contributed by atoms with Crippen LogP contribution in [0.3, 0.4) is 0 Å². The zero-order chi connectivity index (χ0) is 29.1. The van der Waals surface area contributed by atoms with Gasteiger partial charge in [-0.2, -0.15) is 18.2 Å². The van der Waals surface area contributed by atoms with E-state index in [1.807, 2.05) is 23.1 Å². The Morgan fingerprint density at radius 1 is 1.07 bits per heavy atom. The van der Waals surface area contributed by atoms with E-state index in [0.717, 1.165) is 18.0 Å². The van der Waals surface area contributed by atoms with Crippen LogP contribution in [0.15, 0.2) is 36.4 Å². The molecule has 2 fully saturated rings. The number of anilines is 2. The summed E-state index contributed by atoms with van der Waals surface area (Å²) >= 11 is 0. The van der Waals surface area contributed by atoms with Gasteiger partial charge >= 0.3 is 6.18 Å². The molecule has 2 heterocycles. The standard InChI is InChI=1S/C28H36F3N5O4/c1-27(2,3)18-26(37)35-15-13-34(14-16-35)24-5-4-6-25(33-24)40-21-10-7-19(8-11-21)32-20-9-12-23(36(38)39)22(17-20)28(29,30)31/h4-6,9,12,17,19,21,32H,7-8,10-11,13-16,18H2,1-3H3/t19-,21-. The van der Waals surface area contributed by atoms with Crippen LogP contribution in [0.5, 0.6) is 5.88 Å². The average molecular weight is 564 g/mol. The van der Waals surface area contributed by atoms with Gasteiger partial charge in [0.25, 0.3) is 5.69 Å². The van der Waals surface area contributed by atoms with Crippen LogP contribution >= 0.6 is 0 Å². The van der Waals surface area contributed by atoms with Crippen molar-refractivity contribution in [1.82, 2.24) is 9.88 Å². The number of nitrogens with zero attached hydrogens (tertiary/aromatic N) is 4. The highest BCUT2D eigenvalue weighted by Gasteiger charge is 2.38. The van der Waals surface area contributed by atoms with Crippen molar-refractivity contribution in [3.63, 3.8) is 0 Å². The van der Waals surface area contributed by atoms with E-state index in [-0.39, 0.29) is 29.2 Å². The Labute approximate surface area is 231 Å². The number of amides is 1. The largest absolute Gasteiger partial charge is 0.474 e. The number of benzene rings is 1. The second kappa shape index (κ2) is 11.9. The summed E-state index contributed by atoms with van der Waals surface area (Å²) in [7, 11) is 0. The van der Waals surface area contributed by atoms with Gasteiger partial charge in [0.15, 0.2) is 0 Å². The fraction of sp³-hybridized carbons (Fsp3) is 0.571. The van der Waals surface area contributed by atoms with Crippen LogP contribution in [0.4, 0.5) is 30.4 Å². The number of ether oxygens (including phenoxy) is 1. The first-order chi connectivity index (χ1) is 18.8. The Balaban J connectivity index is 1.28. The Hall–Kier alpha value is -3.57. The number of hydrogen-bond acceptors (Lipinski definition) is 7. The Morgan fingerprint density at radius 3 is 2.35 bits per heavy atom. The zero-order valence-electron chi connectivity index (χ0n) is 23.0. The zero-order valence-corrected chi connectivity index (χ0v) is 23.0. The predicted molar refractivity (Wildman–Crippen MR) is 145 cm³/mol. The number of rotatable bonds is 7. The quantitative estimate of drug-likeness (QED) is 0.331. The summed E-state index contributed by atoms with van der Waals surface area (Å²) in [4.78, 5) is 31.3. The molecule has 0 bridgehead atoms. The Kier molecular flexibility index (Phi) is 8.74. The maximum atomic E-state index is 13.3. The molecule has 1 aliphatic carbocycles. The number of piperazine rings is 1. The number of halogens is 3. The van der Waals surface area contributed by atoms with Crippen molar-refractivity contribution in [2.24, 2.45) is 5.41 Å². The smallest absolute Gasteiger partial charge is 0.423 e. The molecule has 1 amide bonds. The minimum atomic E-state index is -4.82. The predicted octanol–water partition coefficient (Wildman–Crippen LogP) is 5.90. The molecule has 2 aliphatic rings. The third-order valence-electron chi connectivity index (χ3n) is 7.18. The number of carbonyl (C=O) groups is 1. The molecule has 0 radical (unpaired) electrons. The lowest BCUT2D eigenvalue weighted by molar-refractivity contribution is -0.388. The minimum Gasteiger partial charge on any atom is -0.474 e. The van der Waals surface area contributed by atoms with Crippen LogP contribution in [-0.2, 0) is 11.0 Å². The van der Waals surface area contributed by atoms with Gasteiger partial charge in [-0.15, -0.1) is 0 Å². The number of carbonyl (C=O) groups excluding carboxylic acids is 1. The molecule has 4 rings (SSSR count). The van der Waals surface area contributed by atoms with Gasteiger partial charge in [0.05, 0.1) is 4.92 Å². The van der Waals surface area contributed by atoms with E-state index in [4.69, 9.17) is 4.74 Å². The molecule has 0 spiro atoms. The molecular weight excluding hydrogens is 527 g/mol. The van der Waals surface area contributed by atoms with Crippen LogP contribution in [0.25, 0.3) is 0 Å². The SMILES string of the molecule is CC(C)(C)CC(=O)N1CCN(c2cccc(O[C@H]3CC[C@H](Nc4ccc([N+](=O)[O-])c(C(F)(F)F)c4)CC3)n2)CC1. The Morgan fingerprint density at radius 2 is 1.75 bits per heavy atom. The molecule has 1 saturated carbocycles. The van der Waals surface area contributed by atoms with Gasteiger partial charge in [0, 0.05) is 56.5 Å². The molecule has 40 heavy (non-hydrogen) atoms. The van der Waals surface area contributed by atoms with Gasteiger partial charge in [0.2, 0.25) is 11.8 Å². The van der Waals surface area contributed by atoms with Gasteiger partial charge < -0.3 is 19.9 Å². The number of pyridine rings is 1. The fourth-order valence-corrected chi connectivity index (χ4v) is 5.14. The number of nitrogens with one attached hydrogen (secondary N) is 1. The molecular formula is C28H36F3N5O4. The molecule has 2 aromatic rings. The molecule has 1 aromatic carbocycles. The van der Waals surface area contributed by atoms with Crippen LogP contribution in [0, 0.1) is 15.5 Å². The number of aromatic nitrogens is 1.